The zero-order valence-corrected chi connectivity index (χ0v) is 19.8. The first kappa shape index (κ1) is 23.1. The first-order chi connectivity index (χ1) is 16.9. The quantitative estimate of drug-likeness (QED) is 0.562. The molecule has 2 aliphatic rings. The van der Waals surface area contributed by atoms with Crippen LogP contribution >= 0.6 is 0 Å². The van der Waals surface area contributed by atoms with E-state index in [4.69, 9.17) is 14.7 Å². The minimum atomic E-state index is -0.694. The fraction of sp³-hybridized carbons (Fsp3) is 0.385. The zero-order chi connectivity index (χ0) is 24.5. The normalized spacial score (nSPS) is 16.2. The molecule has 1 fully saturated rings. The number of rotatable bonds is 4. The number of benzene rings is 1. The maximum atomic E-state index is 14.0. The molecule has 0 aliphatic carbocycles. The van der Waals surface area contributed by atoms with Crippen LogP contribution in [-0.4, -0.2) is 51.5 Å². The second kappa shape index (κ2) is 9.56. The summed E-state index contributed by atoms with van der Waals surface area (Å²) in [6.45, 7) is 5.87. The maximum Gasteiger partial charge on any atom is 0.219 e. The van der Waals surface area contributed by atoms with Crippen LogP contribution in [0.25, 0.3) is 11.4 Å². The molecule has 0 bridgehead atoms. The molecule has 5 rings (SSSR count). The number of amides is 1. The largest absolute Gasteiger partial charge is 0.487 e. The highest BCUT2D eigenvalue weighted by Gasteiger charge is 2.29. The highest BCUT2D eigenvalue weighted by molar-refractivity contribution is 5.74. The predicted octanol–water partition coefficient (Wildman–Crippen LogP) is 4.08. The van der Waals surface area contributed by atoms with E-state index in [0.29, 0.717) is 51.1 Å². The number of piperidine rings is 1. The summed E-state index contributed by atoms with van der Waals surface area (Å²) in [6.07, 6.45) is 1.80. The van der Waals surface area contributed by atoms with Crippen molar-refractivity contribution in [2.75, 3.05) is 24.5 Å². The van der Waals surface area contributed by atoms with Crippen molar-refractivity contribution in [1.29, 1.82) is 0 Å². The number of aromatic nitrogens is 3. The van der Waals surface area contributed by atoms with E-state index in [1.54, 1.807) is 11.8 Å². The summed E-state index contributed by atoms with van der Waals surface area (Å²) in [5.74, 6) is -0.459. The number of fused-ring (bicyclic) bond motifs is 1. The molecule has 2 aromatic heterocycles. The fourth-order valence-electron chi connectivity index (χ4n) is 4.59. The number of carbonyl (C=O) groups is 1. The monoisotopic (exact) mass is 479 g/mol. The van der Waals surface area contributed by atoms with Crippen LogP contribution in [0.4, 0.5) is 14.6 Å². The lowest BCUT2D eigenvalue weighted by atomic mass is 10.1. The zero-order valence-electron chi connectivity index (χ0n) is 19.8. The number of hydrogen-bond acceptors (Lipinski definition) is 6. The van der Waals surface area contributed by atoms with Gasteiger partial charge in [0, 0.05) is 57.6 Å². The molecule has 182 valence electrons. The molecular weight excluding hydrogens is 452 g/mol. The van der Waals surface area contributed by atoms with Crippen LogP contribution in [0.3, 0.4) is 0 Å². The van der Waals surface area contributed by atoms with Crippen molar-refractivity contribution in [3.8, 4) is 17.1 Å². The number of carbonyl (C=O) groups excluding carboxylic acids is 1. The van der Waals surface area contributed by atoms with Crippen molar-refractivity contribution in [2.45, 2.75) is 45.8 Å². The van der Waals surface area contributed by atoms with Crippen molar-refractivity contribution in [1.82, 2.24) is 19.9 Å². The Hall–Kier alpha value is -3.62. The van der Waals surface area contributed by atoms with Gasteiger partial charge in [0.05, 0.1) is 23.6 Å². The van der Waals surface area contributed by atoms with Gasteiger partial charge >= 0.3 is 0 Å². The fourth-order valence-corrected chi connectivity index (χ4v) is 4.59. The minimum Gasteiger partial charge on any atom is -0.487 e. The van der Waals surface area contributed by atoms with E-state index in [2.05, 4.69) is 9.88 Å². The maximum absolute atomic E-state index is 14.0. The van der Waals surface area contributed by atoms with E-state index in [0.717, 1.165) is 34.7 Å². The summed E-state index contributed by atoms with van der Waals surface area (Å²) in [7, 11) is 0. The van der Waals surface area contributed by atoms with Crippen molar-refractivity contribution in [3.63, 3.8) is 0 Å². The SMILES string of the molecule is CC(=O)N1CCc2nc(N3CCC(Oc4ccc(F)cc4F)CC3)c(-c3cccc(C)n3)nc2C1. The van der Waals surface area contributed by atoms with E-state index >= 15 is 0 Å². The Morgan fingerprint density at radius 2 is 1.83 bits per heavy atom. The third kappa shape index (κ3) is 4.94. The number of anilines is 1. The van der Waals surface area contributed by atoms with Gasteiger partial charge in [-0.15, -0.1) is 0 Å². The summed E-state index contributed by atoms with van der Waals surface area (Å²) in [5.41, 5.74) is 4.02. The Morgan fingerprint density at radius 1 is 1.03 bits per heavy atom. The standard InChI is InChI=1S/C26H27F2N5O2/c1-16-4-3-5-22(29-16)25-26(31-21-10-13-33(17(2)34)15-23(21)30-25)32-11-8-19(9-12-32)35-24-7-6-18(27)14-20(24)28/h3-7,14,19H,8-13,15H2,1-2H3. The molecule has 7 nitrogen and oxygen atoms in total. The number of hydrogen-bond donors (Lipinski definition) is 0. The van der Waals surface area contributed by atoms with Gasteiger partial charge in [0.15, 0.2) is 17.4 Å². The first-order valence-corrected chi connectivity index (χ1v) is 11.8. The highest BCUT2D eigenvalue weighted by Crippen LogP contribution is 2.32. The minimum absolute atomic E-state index is 0.0245. The summed E-state index contributed by atoms with van der Waals surface area (Å²) in [4.78, 5) is 30.5. The lowest BCUT2D eigenvalue weighted by molar-refractivity contribution is -0.129. The van der Waals surface area contributed by atoms with Gasteiger partial charge in [-0.05, 0) is 31.2 Å². The third-order valence-electron chi connectivity index (χ3n) is 6.50. The molecule has 3 aromatic rings. The topological polar surface area (TPSA) is 71.5 Å². The average Bonchev–Trinajstić information content (AvgIpc) is 2.85. The van der Waals surface area contributed by atoms with Crippen LogP contribution < -0.4 is 9.64 Å². The molecule has 0 saturated carbocycles. The Bertz CT molecular complexity index is 1260. The van der Waals surface area contributed by atoms with Gasteiger partial charge in [0.1, 0.15) is 17.6 Å². The first-order valence-electron chi connectivity index (χ1n) is 11.8. The summed E-state index contributed by atoms with van der Waals surface area (Å²) < 4.78 is 33.1. The summed E-state index contributed by atoms with van der Waals surface area (Å²) in [6, 6.07) is 9.17. The van der Waals surface area contributed by atoms with Gasteiger partial charge in [0.2, 0.25) is 5.91 Å². The Labute approximate surface area is 202 Å². The molecular formula is C26H27F2N5O2. The van der Waals surface area contributed by atoms with Gasteiger partial charge in [-0.25, -0.2) is 18.7 Å². The van der Waals surface area contributed by atoms with Gasteiger partial charge in [0.25, 0.3) is 0 Å². The van der Waals surface area contributed by atoms with E-state index in [9.17, 15) is 13.6 Å². The molecule has 1 saturated heterocycles. The van der Waals surface area contributed by atoms with E-state index in [1.807, 2.05) is 25.1 Å². The Balaban J connectivity index is 1.40. The van der Waals surface area contributed by atoms with Crippen molar-refractivity contribution in [2.24, 2.45) is 0 Å². The van der Waals surface area contributed by atoms with Crippen LogP contribution in [0.5, 0.6) is 5.75 Å². The van der Waals surface area contributed by atoms with Crippen LogP contribution in [0.2, 0.25) is 0 Å². The molecule has 0 spiro atoms. The van der Waals surface area contributed by atoms with Crippen molar-refractivity contribution < 1.29 is 18.3 Å². The molecule has 0 unspecified atom stereocenters. The molecule has 0 radical (unpaired) electrons. The molecule has 1 aromatic carbocycles. The smallest absolute Gasteiger partial charge is 0.219 e. The number of ether oxygens (including phenoxy) is 1. The third-order valence-corrected chi connectivity index (χ3v) is 6.50. The lowest BCUT2D eigenvalue weighted by Crippen LogP contribution is -2.40. The number of halogens is 2. The number of pyridine rings is 1. The van der Waals surface area contributed by atoms with Crippen LogP contribution in [0, 0.1) is 18.6 Å². The van der Waals surface area contributed by atoms with Crippen LogP contribution in [0.1, 0.15) is 36.8 Å². The van der Waals surface area contributed by atoms with Gasteiger partial charge < -0.3 is 14.5 Å². The van der Waals surface area contributed by atoms with E-state index < -0.39 is 11.6 Å². The molecule has 0 atom stereocenters. The molecule has 4 heterocycles. The second-order valence-electron chi connectivity index (χ2n) is 9.02. The molecule has 9 heteroatoms. The molecule has 0 N–H and O–H groups in total. The average molecular weight is 480 g/mol. The lowest BCUT2D eigenvalue weighted by Gasteiger charge is -2.35. The van der Waals surface area contributed by atoms with Gasteiger partial charge in [-0.2, -0.15) is 0 Å². The molecule has 1 amide bonds. The van der Waals surface area contributed by atoms with Crippen LogP contribution in [0.15, 0.2) is 36.4 Å². The Morgan fingerprint density at radius 3 is 2.54 bits per heavy atom. The van der Waals surface area contributed by atoms with Gasteiger partial charge in [-0.3, -0.25) is 9.78 Å². The number of aryl methyl sites for hydroxylation is 1. The summed E-state index contributed by atoms with van der Waals surface area (Å²) in [5, 5.41) is 0. The second-order valence-corrected chi connectivity index (χ2v) is 9.02. The van der Waals surface area contributed by atoms with Crippen molar-refractivity contribution in [3.05, 3.63) is 65.1 Å². The van der Waals surface area contributed by atoms with Crippen LogP contribution in [-0.2, 0) is 17.8 Å². The van der Waals surface area contributed by atoms with E-state index in [-0.39, 0.29) is 17.8 Å². The highest BCUT2D eigenvalue weighted by atomic mass is 19.1. The van der Waals surface area contributed by atoms with Crippen molar-refractivity contribution >= 4 is 11.7 Å². The number of nitrogens with zero attached hydrogens (tertiary/aromatic N) is 5. The van der Waals surface area contributed by atoms with E-state index in [1.165, 1.54) is 12.1 Å². The molecule has 35 heavy (non-hydrogen) atoms. The predicted molar refractivity (Wildman–Crippen MR) is 127 cm³/mol. The Kier molecular flexibility index (Phi) is 6.32. The molecule has 2 aliphatic heterocycles. The summed E-state index contributed by atoms with van der Waals surface area (Å²) >= 11 is 0. The van der Waals surface area contributed by atoms with Gasteiger partial charge in [-0.1, -0.05) is 6.07 Å².